The molecular formula is C22H16N4O4S. The van der Waals surface area contributed by atoms with E-state index < -0.39 is 23.0 Å². The lowest BCUT2D eigenvalue weighted by atomic mass is 10.3. The highest BCUT2D eigenvalue weighted by Gasteiger charge is 2.41. The predicted molar refractivity (Wildman–Crippen MR) is 115 cm³/mol. The van der Waals surface area contributed by atoms with E-state index in [0.717, 1.165) is 16.7 Å². The van der Waals surface area contributed by atoms with Gasteiger partial charge >= 0.3 is 5.97 Å². The maximum Gasteiger partial charge on any atom is 0.308 e. The van der Waals surface area contributed by atoms with Crippen LogP contribution in [0.1, 0.15) is 13.3 Å². The number of nitriles is 2. The minimum absolute atomic E-state index is 0.0840. The summed E-state index contributed by atoms with van der Waals surface area (Å²) < 4.78 is 4.96. The van der Waals surface area contributed by atoms with Crippen LogP contribution >= 0.6 is 11.8 Å². The van der Waals surface area contributed by atoms with Crippen molar-refractivity contribution in [2.75, 3.05) is 10.2 Å². The number of nitrogens with zero attached hydrogens (tertiary/aromatic N) is 3. The number of hydrogen-bond acceptors (Lipinski definition) is 8. The summed E-state index contributed by atoms with van der Waals surface area (Å²) in [5.41, 5.74) is 0.803. The Bertz CT molecular complexity index is 1110. The smallest absolute Gasteiger partial charge is 0.308 e. The van der Waals surface area contributed by atoms with Crippen LogP contribution in [-0.4, -0.2) is 23.0 Å². The maximum atomic E-state index is 12.9. The van der Waals surface area contributed by atoms with Crippen molar-refractivity contribution in [1.82, 2.24) is 0 Å². The summed E-state index contributed by atoms with van der Waals surface area (Å²) in [6.45, 7) is 1.27. The molecule has 1 heterocycles. The summed E-state index contributed by atoms with van der Waals surface area (Å²) in [6, 6.07) is 18.5. The van der Waals surface area contributed by atoms with E-state index in [4.69, 9.17) is 4.74 Å². The molecule has 2 aromatic rings. The summed E-state index contributed by atoms with van der Waals surface area (Å²) in [4.78, 5) is 37.6. The molecule has 2 amide bonds. The maximum absolute atomic E-state index is 12.9. The summed E-state index contributed by atoms with van der Waals surface area (Å²) in [7, 11) is 0. The minimum Gasteiger partial charge on any atom is -0.427 e. The second-order valence-electron chi connectivity index (χ2n) is 6.38. The van der Waals surface area contributed by atoms with E-state index in [-0.39, 0.29) is 17.0 Å². The number of carbonyl (C=O) groups excluding carboxylic acids is 3. The Morgan fingerprint density at radius 1 is 1.10 bits per heavy atom. The van der Waals surface area contributed by atoms with Gasteiger partial charge in [0.2, 0.25) is 11.8 Å². The van der Waals surface area contributed by atoms with Gasteiger partial charge < -0.3 is 10.1 Å². The molecule has 3 rings (SSSR count). The zero-order valence-corrected chi connectivity index (χ0v) is 17.2. The molecule has 0 spiro atoms. The quantitative estimate of drug-likeness (QED) is 0.319. The van der Waals surface area contributed by atoms with E-state index in [2.05, 4.69) is 5.32 Å². The fraction of sp³-hybridized carbons (Fsp3) is 0.136. The SMILES string of the molecule is CC(=O)Oc1ccc(N2C(=O)C[C@@H](SC(Nc3ccccc3)=C(C#N)C#N)C2=O)cc1. The Kier molecular flexibility index (Phi) is 6.71. The summed E-state index contributed by atoms with van der Waals surface area (Å²) in [6.07, 6.45) is -0.0840. The van der Waals surface area contributed by atoms with Gasteiger partial charge in [-0.1, -0.05) is 30.0 Å². The largest absolute Gasteiger partial charge is 0.427 e. The lowest BCUT2D eigenvalue weighted by Gasteiger charge is -2.16. The number of amides is 2. The zero-order valence-electron chi connectivity index (χ0n) is 16.4. The number of esters is 1. The van der Waals surface area contributed by atoms with E-state index in [9.17, 15) is 24.9 Å². The van der Waals surface area contributed by atoms with E-state index in [0.29, 0.717) is 17.1 Å². The first-order valence-corrected chi connectivity index (χ1v) is 9.99. The van der Waals surface area contributed by atoms with Gasteiger partial charge in [-0.2, -0.15) is 10.5 Å². The van der Waals surface area contributed by atoms with Crippen molar-refractivity contribution < 1.29 is 19.1 Å². The van der Waals surface area contributed by atoms with Crippen molar-refractivity contribution >= 4 is 40.9 Å². The second-order valence-corrected chi connectivity index (χ2v) is 7.60. The molecule has 1 aliphatic rings. The third kappa shape index (κ3) is 5.10. The number of nitrogens with one attached hydrogen (secondary N) is 1. The van der Waals surface area contributed by atoms with Gasteiger partial charge in [0, 0.05) is 19.0 Å². The highest BCUT2D eigenvalue weighted by Crippen LogP contribution is 2.35. The predicted octanol–water partition coefficient (Wildman–Crippen LogP) is 3.35. The molecule has 0 aliphatic carbocycles. The number of benzene rings is 2. The third-order valence-electron chi connectivity index (χ3n) is 4.20. The molecule has 0 radical (unpaired) electrons. The Hall–Kier alpha value is -4.08. The van der Waals surface area contributed by atoms with Gasteiger partial charge in [-0.05, 0) is 36.4 Å². The topological polar surface area (TPSA) is 123 Å². The number of ether oxygens (including phenoxy) is 1. The van der Waals surface area contributed by atoms with Gasteiger partial charge in [-0.15, -0.1) is 0 Å². The molecule has 0 aromatic heterocycles. The normalized spacial score (nSPS) is 15.1. The number of allylic oxidation sites excluding steroid dienone is 1. The van der Waals surface area contributed by atoms with E-state index in [1.165, 1.54) is 31.2 Å². The van der Waals surface area contributed by atoms with E-state index >= 15 is 0 Å². The number of anilines is 2. The fourth-order valence-corrected chi connectivity index (χ4v) is 3.97. The van der Waals surface area contributed by atoms with Gasteiger partial charge in [0.15, 0.2) is 5.57 Å². The van der Waals surface area contributed by atoms with Crippen LogP contribution in [0.3, 0.4) is 0 Å². The van der Waals surface area contributed by atoms with Gasteiger partial charge in [0.05, 0.1) is 10.9 Å². The molecule has 1 aliphatic heterocycles. The Morgan fingerprint density at radius 3 is 2.32 bits per heavy atom. The second kappa shape index (κ2) is 9.61. The highest BCUT2D eigenvalue weighted by molar-refractivity contribution is 8.04. The molecule has 0 saturated carbocycles. The highest BCUT2D eigenvalue weighted by atomic mass is 32.2. The summed E-state index contributed by atoms with van der Waals surface area (Å²) in [5.74, 6) is -1.05. The van der Waals surface area contributed by atoms with Crippen molar-refractivity contribution in [2.45, 2.75) is 18.6 Å². The standard InChI is InChI=1S/C22H16N4O4S/c1-14(27)30-18-9-7-17(8-10-18)26-20(28)11-19(22(26)29)31-21(15(12-23)13-24)25-16-5-3-2-4-6-16/h2-10,19,25H,11H2,1H3/t19-/m1/s1. The molecule has 1 fully saturated rings. The van der Waals surface area contributed by atoms with Crippen LogP contribution in [0.4, 0.5) is 11.4 Å². The first-order valence-electron chi connectivity index (χ1n) is 9.11. The number of thioether (sulfide) groups is 1. The lowest BCUT2D eigenvalue weighted by molar-refractivity contribution is -0.132. The number of rotatable bonds is 6. The Morgan fingerprint density at radius 2 is 1.74 bits per heavy atom. The van der Waals surface area contributed by atoms with Gasteiger partial charge in [0.25, 0.3) is 0 Å². The molecule has 31 heavy (non-hydrogen) atoms. The summed E-state index contributed by atoms with van der Waals surface area (Å²) >= 11 is 0.968. The Labute approximate surface area is 182 Å². The first kappa shape index (κ1) is 21.6. The van der Waals surface area contributed by atoms with Crippen molar-refractivity contribution in [3.05, 3.63) is 65.2 Å². The van der Waals surface area contributed by atoms with E-state index in [1.807, 2.05) is 18.2 Å². The molecule has 0 unspecified atom stereocenters. The minimum atomic E-state index is -0.802. The van der Waals surface area contributed by atoms with Gasteiger partial charge in [0.1, 0.15) is 22.9 Å². The van der Waals surface area contributed by atoms with Crippen LogP contribution in [-0.2, 0) is 14.4 Å². The first-order chi connectivity index (χ1) is 14.9. The van der Waals surface area contributed by atoms with Crippen molar-refractivity contribution in [3.63, 3.8) is 0 Å². The molecule has 1 saturated heterocycles. The fourth-order valence-electron chi connectivity index (χ4n) is 2.87. The average Bonchev–Trinajstić information content (AvgIpc) is 3.03. The van der Waals surface area contributed by atoms with Gasteiger partial charge in [-0.3, -0.25) is 14.4 Å². The lowest BCUT2D eigenvalue weighted by Crippen LogP contribution is -2.31. The van der Waals surface area contributed by atoms with Gasteiger partial charge in [-0.25, -0.2) is 4.90 Å². The molecule has 0 bridgehead atoms. The molecule has 1 N–H and O–H groups in total. The zero-order chi connectivity index (χ0) is 22.4. The molecular weight excluding hydrogens is 416 g/mol. The molecule has 2 aromatic carbocycles. The van der Waals surface area contributed by atoms with Crippen LogP contribution in [0, 0.1) is 22.7 Å². The average molecular weight is 432 g/mol. The van der Waals surface area contributed by atoms with Crippen molar-refractivity contribution in [1.29, 1.82) is 10.5 Å². The Balaban J connectivity index is 1.81. The molecule has 1 atom stereocenters. The van der Waals surface area contributed by atoms with Crippen LogP contribution < -0.4 is 15.0 Å². The van der Waals surface area contributed by atoms with Crippen molar-refractivity contribution in [3.8, 4) is 17.9 Å². The van der Waals surface area contributed by atoms with Crippen LogP contribution in [0.2, 0.25) is 0 Å². The number of hydrogen-bond donors (Lipinski definition) is 1. The molecule has 154 valence electrons. The number of carbonyl (C=O) groups is 3. The summed E-state index contributed by atoms with van der Waals surface area (Å²) in [5, 5.41) is 21.0. The van der Waals surface area contributed by atoms with Crippen LogP contribution in [0.5, 0.6) is 5.75 Å². The molecule has 9 heteroatoms. The number of imide groups is 1. The third-order valence-corrected chi connectivity index (χ3v) is 5.40. The van der Waals surface area contributed by atoms with Crippen molar-refractivity contribution in [2.24, 2.45) is 0 Å². The monoisotopic (exact) mass is 432 g/mol. The molecule has 8 nitrogen and oxygen atoms in total. The van der Waals surface area contributed by atoms with Crippen LogP contribution in [0.15, 0.2) is 65.2 Å². The number of para-hydroxylation sites is 1. The van der Waals surface area contributed by atoms with Crippen LogP contribution in [0.25, 0.3) is 0 Å². The van der Waals surface area contributed by atoms with E-state index in [1.54, 1.807) is 24.3 Å².